The van der Waals surface area contributed by atoms with Gasteiger partial charge in [0.1, 0.15) is 5.76 Å². The van der Waals surface area contributed by atoms with Crippen molar-refractivity contribution in [3.05, 3.63) is 71.1 Å². The number of nitrogens with one attached hydrogen (secondary N) is 1. The molecule has 0 spiro atoms. The normalized spacial score (nSPS) is 12.2. The summed E-state index contributed by atoms with van der Waals surface area (Å²) in [6.07, 6.45) is 1.76. The average molecular weight is 414 g/mol. The van der Waals surface area contributed by atoms with Gasteiger partial charge < -0.3 is 14.5 Å². The number of halogens is 1. The molecule has 5 nitrogen and oxygen atoms in total. The smallest absolute Gasteiger partial charge is 0.331 e. The van der Waals surface area contributed by atoms with E-state index in [4.69, 9.17) is 9.15 Å². The summed E-state index contributed by atoms with van der Waals surface area (Å²) < 4.78 is 10.9. The molecule has 6 heteroatoms. The molecule has 1 amide bonds. The highest BCUT2D eigenvalue weighted by molar-refractivity contribution is 9.10. The van der Waals surface area contributed by atoms with Crippen LogP contribution in [0.3, 0.4) is 0 Å². The van der Waals surface area contributed by atoms with Crippen LogP contribution < -0.4 is 5.32 Å². The van der Waals surface area contributed by atoms with E-state index >= 15 is 0 Å². The summed E-state index contributed by atoms with van der Waals surface area (Å²) in [7, 11) is 0. The molecule has 132 valence electrons. The Morgan fingerprint density at radius 2 is 1.88 bits per heavy atom. The van der Waals surface area contributed by atoms with Gasteiger partial charge in [-0.3, -0.25) is 4.79 Å². The molecule has 26 heavy (non-hydrogen) atoms. The molecule has 0 aliphatic carbocycles. The van der Waals surface area contributed by atoms with Crippen LogP contribution in [-0.2, 0) is 14.3 Å². The van der Waals surface area contributed by atoms with E-state index in [0.717, 1.165) is 10.8 Å². The van der Waals surface area contributed by atoms with Crippen molar-refractivity contribution in [2.75, 3.05) is 5.32 Å². The predicted octanol–water partition coefficient (Wildman–Crippen LogP) is 4.78. The molecule has 3 aromatic rings. The second-order valence-electron chi connectivity index (χ2n) is 5.61. The zero-order chi connectivity index (χ0) is 18.5. The van der Waals surface area contributed by atoms with Crippen molar-refractivity contribution < 1.29 is 18.7 Å². The van der Waals surface area contributed by atoms with E-state index in [0.29, 0.717) is 16.1 Å². The van der Waals surface area contributed by atoms with Gasteiger partial charge in [-0.1, -0.05) is 30.3 Å². The van der Waals surface area contributed by atoms with Crippen molar-refractivity contribution >= 4 is 50.3 Å². The van der Waals surface area contributed by atoms with E-state index in [1.807, 2.05) is 42.5 Å². The van der Waals surface area contributed by atoms with Gasteiger partial charge in [0.25, 0.3) is 5.91 Å². The van der Waals surface area contributed by atoms with Crippen LogP contribution in [0.15, 0.2) is 69.8 Å². The highest BCUT2D eigenvalue weighted by Crippen LogP contribution is 2.19. The molecular weight excluding hydrogens is 398 g/mol. The summed E-state index contributed by atoms with van der Waals surface area (Å²) in [5, 5.41) is 4.85. The fraction of sp³-hybridized carbons (Fsp3) is 0.100. The van der Waals surface area contributed by atoms with Gasteiger partial charge in [0.2, 0.25) is 0 Å². The van der Waals surface area contributed by atoms with Gasteiger partial charge >= 0.3 is 5.97 Å². The Kier molecular flexibility index (Phi) is 5.53. The highest BCUT2D eigenvalue weighted by atomic mass is 79.9. The van der Waals surface area contributed by atoms with Crippen LogP contribution in [0.2, 0.25) is 0 Å². The van der Waals surface area contributed by atoms with Crippen LogP contribution in [0, 0.1) is 0 Å². The van der Waals surface area contributed by atoms with Crippen LogP contribution in [0.1, 0.15) is 12.7 Å². The number of esters is 1. The lowest BCUT2D eigenvalue weighted by atomic mass is 10.1. The fourth-order valence-corrected chi connectivity index (χ4v) is 2.67. The Bertz CT molecular complexity index is 977. The Balaban J connectivity index is 1.58. The van der Waals surface area contributed by atoms with Crippen molar-refractivity contribution in [3.63, 3.8) is 0 Å². The molecule has 1 aromatic heterocycles. The van der Waals surface area contributed by atoms with E-state index in [9.17, 15) is 9.59 Å². The third kappa shape index (κ3) is 4.61. The lowest BCUT2D eigenvalue weighted by Crippen LogP contribution is -2.29. The summed E-state index contributed by atoms with van der Waals surface area (Å²) >= 11 is 3.18. The van der Waals surface area contributed by atoms with Gasteiger partial charge in [-0.2, -0.15) is 0 Å². The fourth-order valence-electron chi connectivity index (χ4n) is 2.35. The number of fused-ring (bicyclic) bond motifs is 1. The van der Waals surface area contributed by atoms with Crippen molar-refractivity contribution in [1.82, 2.24) is 0 Å². The number of furan rings is 1. The lowest BCUT2D eigenvalue weighted by Gasteiger charge is -2.12. The molecule has 0 bridgehead atoms. The average Bonchev–Trinajstić information content (AvgIpc) is 3.05. The molecule has 1 N–H and O–H groups in total. The monoisotopic (exact) mass is 413 g/mol. The van der Waals surface area contributed by atoms with Gasteiger partial charge in [0, 0.05) is 11.8 Å². The first kappa shape index (κ1) is 17.9. The molecule has 0 aliphatic heterocycles. The minimum absolute atomic E-state index is 0.400. The molecule has 0 saturated carbocycles. The maximum atomic E-state index is 12.2. The van der Waals surface area contributed by atoms with Crippen molar-refractivity contribution in [3.8, 4) is 0 Å². The summed E-state index contributed by atoms with van der Waals surface area (Å²) in [4.78, 5) is 24.0. The summed E-state index contributed by atoms with van der Waals surface area (Å²) in [6.45, 7) is 1.52. The number of hydrogen-bond acceptors (Lipinski definition) is 4. The number of ether oxygens (including phenoxy) is 1. The molecule has 3 rings (SSSR count). The maximum Gasteiger partial charge on any atom is 0.331 e. The van der Waals surface area contributed by atoms with Gasteiger partial charge in [0.15, 0.2) is 10.8 Å². The Morgan fingerprint density at radius 3 is 2.62 bits per heavy atom. The maximum absolute atomic E-state index is 12.2. The first-order valence-corrected chi connectivity index (χ1v) is 8.74. The molecule has 1 heterocycles. The molecule has 0 radical (unpaired) electrons. The number of anilines is 1. The first-order valence-electron chi connectivity index (χ1n) is 7.95. The zero-order valence-corrected chi connectivity index (χ0v) is 15.5. The number of carbonyl (C=O) groups excluding carboxylic acids is 2. The van der Waals surface area contributed by atoms with E-state index < -0.39 is 18.0 Å². The molecule has 0 fully saturated rings. The molecule has 0 aliphatic rings. The van der Waals surface area contributed by atoms with Crippen LogP contribution in [-0.4, -0.2) is 18.0 Å². The largest absolute Gasteiger partial charge is 0.450 e. The van der Waals surface area contributed by atoms with Crippen LogP contribution in [0.25, 0.3) is 16.8 Å². The predicted molar refractivity (Wildman–Crippen MR) is 104 cm³/mol. The third-order valence-corrected chi connectivity index (χ3v) is 4.08. The van der Waals surface area contributed by atoms with Crippen molar-refractivity contribution in [2.45, 2.75) is 13.0 Å². The second kappa shape index (κ2) is 8.01. The lowest BCUT2D eigenvalue weighted by molar-refractivity contribution is -0.148. The van der Waals surface area contributed by atoms with E-state index in [-0.39, 0.29) is 0 Å². The standard InChI is InChI=1S/C20H16BrNO4/c1-13(25-19(23)11-9-17-8-10-18(21)26-17)20(24)22-16-7-6-14-4-2-3-5-15(14)12-16/h2-13H,1H3,(H,22,24)/b11-9+/t13-/m0/s1. The quantitative estimate of drug-likeness (QED) is 0.482. The van der Waals surface area contributed by atoms with Gasteiger partial charge in [-0.05, 0) is 64.0 Å². The third-order valence-electron chi connectivity index (χ3n) is 3.66. The van der Waals surface area contributed by atoms with Crippen LogP contribution >= 0.6 is 15.9 Å². The number of rotatable bonds is 5. The second-order valence-corrected chi connectivity index (χ2v) is 6.39. The van der Waals surface area contributed by atoms with Crippen molar-refractivity contribution in [2.24, 2.45) is 0 Å². The number of carbonyl (C=O) groups is 2. The molecule has 0 unspecified atom stereocenters. The first-order chi connectivity index (χ1) is 12.5. The SMILES string of the molecule is C[C@H](OC(=O)/C=C/c1ccc(Br)o1)C(=O)Nc1ccc2ccccc2c1. The number of benzene rings is 2. The molecule has 1 atom stereocenters. The van der Waals surface area contributed by atoms with Crippen molar-refractivity contribution in [1.29, 1.82) is 0 Å². The van der Waals surface area contributed by atoms with E-state index in [1.54, 1.807) is 12.1 Å². The minimum Gasteiger partial charge on any atom is -0.450 e. The van der Waals surface area contributed by atoms with E-state index in [2.05, 4.69) is 21.2 Å². The molecular formula is C20H16BrNO4. The van der Waals surface area contributed by atoms with Crippen LogP contribution in [0.5, 0.6) is 0 Å². The van der Waals surface area contributed by atoms with Crippen LogP contribution in [0.4, 0.5) is 5.69 Å². The van der Waals surface area contributed by atoms with Gasteiger partial charge in [-0.15, -0.1) is 0 Å². The van der Waals surface area contributed by atoms with Gasteiger partial charge in [-0.25, -0.2) is 4.79 Å². The molecule has 2 aromatic carbocycles. The Labute approximate surface area is 158 Å². The number of amides is 1. The summed E-state index contributed by atoms with van der Waals surface area (Å²) in [6, 6.07) is 16.9. The van der Waals surface area contributed by atoms with Gasteiger partial charge in [0.05, 0.1) is 0 Å². The number of hydrogen-bond donors (Lipinski definition) is 1. The molecule has 0 saturated heterocycles. The summed E-state index contributed by atoms with van der Waals surface area (Å²) in [5.41, 5.74) is 0.646. The summed E-state index contributed by atoms with van der Waals surface area (Å²) in [5.74, 6) is -0.524. The topological polar surface area (TPSA) is 68.5 Å². The van der Waals surface area contributed by atoms with E-state index in [1.165, 1.54) is 19.1 Å². The minimum atomic E-state index is -0.929. The Morgan fingerprint density at radius 1 is 1.12 bits per heavy atom. The Hall–Kier alpha value is -2.86. The zero-order valence-electron chi connectivity index (χ0n) is 13.9. The highest BCUT2D eigenvalue weighted by Gasteiger charge is 2.16.